The third-order valence-electron chi connectivity index (χ3n) is 3.32. The Hall–Kier alpha value is -1.06. The lowest BCUT2D eigenvalue weighted by Crippen LogP contribution is -2.24. The van der Waals surface area contributed by atoms with Gasteiger partial charge in [0.1, 0.15) is 11.8 Å². The molecule has 17 heavy (non-hydrogen) atoms. The highest BCUT2D eigenvalue weighted by Crippen LogP contribution is 2.33. The van der Waals surface area contributed by atoms with Gasteiger partial charge in [-0.15, -0.1) is 11.6 Å². The molecule has 0 bridgehead atoms. The molecule has 3 nitrogen and oxygen atoms in total. The van der Waals surface area contributed by atoms with Gasteiger partial charge in [0.05, 0.1) is 5.69 Å². The number of imidazole rings is 1. The lowest BCUT2D eigenvalue weighted by atomic mass is 9.94. The molecule has 0 aromatic carbocycles. The van der Waals surface area contributed by atoms with E-state index in [1.807, 2.05) is 35.0 Å². The first kappa shape index (κ1) is 11.1. The summed E-state index contributed by atoms with van der Waals surface area (Å²) < 4.78 is 7.86. The first-order chi connectivity index (χ1) is 8.38. The molecule has 4 heteroatoms. The fourth-order valence-electron chi connectivity index (χ4n) is 2.42. The van der Waals surface area contributed by atoms with Crippen LogP contribution in [0, 0.1) is 5.92 Å². The number of rotatable bonds is 2. The molecule has 2 aromatic rings. The van der Waals surface area contributed by atoms with Crippen LogP contribution in [-0.2, 0) is 4.74 Å². The minimum Gasteiger partial charge on any atom is -0.372 e. The molecule has 0 saturated carbocycles. The van der Waals surface area contributed by atoms with E-state index in [-0.39, 0.29) is 6.10 Å². The van der Waals surface area contributed by atoms with Crippen molar-refractivity contribution in [3.63, 3.8) is 0 Å². The summed E-state index contributed by atoms with van der Waals surface area (Å²) >= 11 is 6.01. The van der Waals surface area contributed by atoms with Crippen LogP contribution in [0.4, 0.5) is 0 Å². The number of aromatic nitrogens is 2. The van der Waals surface area contributed by atoms with E-state index in [9.17, 15) is 0 Å². The average Bonchev–Trinajstić information content (AvgIpc) is 2.82. The molecule has 0 N–H and O–H groups in total. The van der Waals surface area contributed by atoms with Crippen LogP contribution in [-0.4, -0.2) is 21.9 Å². The highest BCUT2D eigenvalue weighted by atomic mass is 35.5. The molecule has 2 atom stereocenters. The number of hydrogen-bond donors (Lipinski definition) is 0. The van der Waals surface area contributed by atoms with Gasteiger partial charge in [0.2, 0.25) is 0 Å². The van der Waals surface area contributed by atoms with Gasteiger partial charge in [0, 0.05) is 30.8 Å². The highest BCUT2D eigenvalue weighted by Gasteiger charge is 2.28. The SMILES string of the molecule is ClCC1CCCOC1c1cn2ccccc2n1. The maximum absolute atomic E-state index is 6.01. The predicted octanol–water partition coefficient (Wildman–Crippen LogP) is 3.04. The van der Waals surface area contributed by atoms with E-state index in [0.717, 1.165) is 30.8 Å². The molecule has 90 valence electrons. The van der Waals surface area contributed by atoms with Crippen LogP contribution in [0.1, 0.15) is 24.6 Å². The van der Waals surface area contributed by atoms with E-state index in [0.29, 0.717) is 11.8 Å². The molecule has 3 rings (SSSR count). The number of nitrogens with zero attached hydrogens (tertiary/aromatic N) is 2. The summed E-state index contributed by atoms with van der Waals surface area (Å²) in [5.41, 5.74) is 1.96. The Kier molecular flexibility index (Phi) is 3.04. The maximum atomic E-state index is 6.01. The average molecular weight is 251 g/mol. The van der Waals surface area contributed by atoms with Gasteiger partial charge in [0.15, 0.2) is 0 Å². The second kappa shape index (κ2) is 4.67. The molecule has 1 aliphatic heterocycles. The van der Waals surface area contributed by atoms with Crippen molar-refractivity contribution in [2.45, 2.75) is 18.9 Å². The Balaban J connectivity index is 1.96. The molecule has 1 aliphatic rings. The van der Waals surface area contributed by atoms with E-state index >= 15 is 0 Å². The number of fused-ring (bicyclic) bond motifs is 1. The fourth-order valence-corrected chi connectivity index (χ4v) is 2.74. The van der Waals surface area contributed by atoms with E-state index < -0.39 is 0 Å². The smallest absolute Gasteiger partial charge is 0.137 e. The maximum Gasteiger partial charge on any atom is 0.137 e. The molecule has 0 amide bonds. The summed E-state index contributed by atoms with van der Waals surface area (Å²) in [6, 6.07) is 5.99. The summed E-state index contributed by atoms with van der Waals surface area (Å²) in [7, 11) is 0. The van der Waals surface area contributed by atoms with Crippen LogP contribution < -0.4 is 0 Å². The molecule has 0 radical (unpaired) electrons. The molecule has 0 spiro atoms. The van der Waals surface area contributed by atoms with Crippen LogP contribution in [0.5, 0.6) is 0 Å². The molecular weight excluding hydrogens is 236 g/mol. The van der Waals surface area contributed by atoms with Crippen LogP contribution >= 0.6 is 11.6 Å². The summed E-state index contributed by atoms with van der Waals surface area (Å²) in [5, 5.41) is 0. The zero-order valence-electron chi connectivity index (χ0n) is 9.55. The second-order valence-corrected chi connectivity index (χ2v) is 4.79. The van der Waals surface area contributed by atoms with Crippen LogP contribution in [0.2, 0.25) is 0 Å². The van der Waals surface area contributed by atoms with Gasteiger partial charge in [-0.05, 0) is 25.0 Å². The minimum atomic E-state index is 0.0566. The van der Waals surface area contributed by atoms with Crippen molar-refractivity contribution in [2.75, 3.05) is 12.5 Å². The van der Waals surface area contributed by atoms with Crippen molar-refractivity contribution in [1.82, 2.24) is 9.38 Å². The van der Waals surface area contributed by atoms with Gasteiger partial charge >= 0.3 is 0 Å². The first-order valence-corrected chi connectivity index (χ1v) is 6.53. The Bertz CT molecular complexity index is 478. The quantitative estimate of drug-likeness (QED) is 0.766. The highest BCUT2D eigenvalue weighted by molar-refractivity contribution is 6.18. The zero-order valence-corrected chi connectivity index (χ0v) is 10.3. The molecular formula is C13H15ClN2O. The van der Waals surface area contributed by atoms with E-state index in [1.54, 1.807) is 0 Å². The molecule has 0 aliphatic carbocycles. The lowest BCUT2D eigenvalue weighted by Gasteiger charge is -2.29. The van der Waals surface area contributed by atoms with Crippen LogP contribution in [0.25, 0.3) is 5.65 Å². The summed E-state index contributed by atoms with van der Waals surface area (Å²) in [6.45, 7) is 0.811. The summed E-state index contributed by atoms with van der Waals surface area (Å²) in [5.74, 6) is 1.02. The summed E-state index contributed by atoms with van der Waals surface area (Å²) in [4.78, 5) is 4.61. The second-order valence-electron chi connectivity index (χ2n) is 4.48. The fraction of sp³-hybridized carbons (Fsp3) is 0.462. The van der Waals surface area contributed by atoms with Gasteiger partial charge in [0.25, 0.3) is 0 Å². The van der Waals surface area contributed by atoms with E-state index in [1.165, 1.54) is 0 Å². The first-order valence-electron chi connectivity index (χ1n) is 5.99. The normalized spacial score (nSPS) is 25.2. The number of alkyl halides is 1. The topological polar surface area (TPSA) is 26.5 Å². The van der Waals surface area contributed by atoms with Crippen LogP contribution in [0.3, 0.4) is 0 Å². The third kappa shape index (κ3) is 2.05. The Morgan fingerprint density at radius 3 is 3.24 bits per heavy atom. The third-order valence-corrected chi connectivity index (χ3v) is 3.71. The van der Waals surface area contributed by atoms with Crippen molar-refractivity contribution < 1.29 is 4.74 Å². The van der Waals surface area contributed by atoms with E-state index in [4.69, 9.17) is 16.3 Å². The standard InChI is InChI=1S/C13H15ClN2O/c14-8-10-4-3-7-17-13(10)11-9-16-6-2-1-5-12(16)15-11/h1-2,5-6,9-10,13H,3-4,7-8H2. The number of pyridine rings is 1. The van der Waals surface area contributed by atoms with Crippen molar-refractivity contribution in [3.8, 4) is 0 Å². The number of halogens is 1. The van der Waals surface area contributed by atoms with Crippen molar-refractivity contribution in [2.24, 2.45) is 5.92 Å². The Morgan fingerprint density at radius 2 is 2.41 bits per heavy atom. The van der Waals surface area contributed by atoms with E-state index in [2.05, 4.69) is 4.98 Å². The molecule has 1 fully saturated rings. The molecule has 2 unspecified atom stereocenters. The zero-order chi connectivity index (χ0) is 11.7. The van der Waals surface area contributed by atoms with Crippen molar-refractivity contribution in [1.29, 1.82) is 0 Å². The Morgan fingerprint density at radius 1 is 1.47 bits per heavy atom. The predicted molar refractivity (Wildman–Crippen MR) is 67.3 cm³/mol. The van der Waals surface area contributed by atoms with Gasteiger partial charge < -0.3 is 9.14 Å². The largest absolute Gasteiger partial charge is 0.372 e. The molecule has 2 aromatic heterocycles. The monoisotopic (exact) mass is 250 g/mol. The lowest BCUT2D eigenvalue weighted by molar-refractivity contribution is -0.0230. The molecule has 1 saturated heterocycles. The van der Waals surface area contributed by atoms with Crippen molar-refractivity contribution >= 4 is 17.2 Å². The van der Waals surface area contributed by atoms with Gasteiger partial charge in [-0.3, -0.25) is 0 Å². The minimum absolute atomic E-state index is 0.0566. The van der Waals surface area contributed by atoms with Gasteiger partial charge in [-0.25, -0.2) is 4.98 Å². The summed E-state index contributed by atoms with van der Waals surface area (Å²) in [6.07, 6.45) is 6.33. The number of hydrogen-bond acceptors (Lipinski definition) is 2. The van der Waals surface area contributed by atoms with Gasteiger partial charge in [-0.2, -0.15) is 0 Å². The van der Waals surface area contributed by atoms with Gasteiger partial charge in [-0.1, -0.05) is 6.07 Å². The number of ether oxygens (including phenoxy) is 1. The molecule has 3 heterocycles. The van der Waals surface area contributed by atoms with Crippen LogP contribution in [0.15, 0.2) is 30.6 Å². The van der Waals surface area contributed by atoms with Crippen molar-refractivity contribution in [3.05, 3.63) is 36.3 Å². The Labute approximate surface area is 105 Å².